The molecule has 1 aromatic heterocycles. The van der Waals surface area contributed by atoms with Gasteiger partial charge in [-0.3, -0.25) is 0 Å². The number of imidazole rings is 1. The van der Waals surface area contributed by atoms with Crippen LogP contribution < -0.4 is 5.32 Å². The molecular weight excluding hydrogens is 214 g/mol. The van der Waals surface area contributed by atoms with Gasteiger partial charge in [0.2, 0.25) is 0 Å². The minimum Gasteiger partial charge on any atom is -0.380 e. The zero-order valence-corrected chi connectivity index (χ0v) is 11.3. The second kappa shape index (κ2) is 8.25. The molecular formula is C13H25N3O. The molecule has 0 aliphatic rings. The van der Waals surface area contributed by atoms with E-state index in [0.29, 0.717) is 5.92 Å². The van der Waals surface area contributed by atoms with E-state index in [1.54, 1.807) is 0 Å². The fourth-order valence-electron chi connectivity index (χ4n) is 1.53. The maximum atomic E-state index is 5.61. The van der Waals surface area contributed by atoms with E-state index >= 15 is 0 Å². The summed E-state index contributed by atoms with van der Waals surface area (Å²) in [5.41, 5.74) is 0. The first-order valence-electron chi connectivity index (χ1n) is 6.52. The molecule has 4 nitrogen and oxygen atoms in total. The van der Waals surface area contributed by atoms with E-state index in [9.17, 15) is 0 Å². The molecule has 1 N–H and O–H groups in total. The molecule has 0 bridgehead atoms. The van der Waals surface area contributed by atoms with Gasteiger partial charge in [0.25, 0.3) is 0 Å². The van der Waals surface area contributed by atoms with Crippen molar-refractivity contribution in [1.29, 1.82) is 0 Å². The molecule has 0 fully saturated rings. The van der Waals surface area contributed by atoms with E-state index in [2.05, 4.69) is 35.6 Å². The molecule has 0 saturated heterocycles. The van der Waals surface area contributed by atoms with Crippen molar-refractivity contribution in [3.8, 4) is 0 Å². The van der Waals surface area contributed by atoms with Crippen LogP contribution >= 0.6 is 0 Å². The van der Waals surface area contributed by atoms with E-state index in [-0.39, 0.29) is 0 Å². The van der Waals surface area contributed by atoms with Crippen molar-refractivity contribution >= 4 is 0 Å². The first-order chi connectivity index (χ1) is 8.24. The lowest BCUT2D eigenvalue weighted by molar-refractivity contribution is 0.115. The third-order valence-corrected chi connectivity index (χ3v) is 2.65. The SMILES string of the molecule is CCNCc1nccn1CCOCCC(C)C. The van der Waals surface area contributed by atoms with Crippen molar-refractivity contribution < 1.29 is 4.74 Å². The number of aromatic nitrogens is 2. The van der Waals surface area contributed by atoms with Gasteiger partial charge in [-0.2, -0.15) is 0 Å². The Hall–Kier alpha value is -0.870. The molecule has 1 heterocycles. The van der Waals surface area contributed by atoms with E-state index < -0.39 is 0 Å². The quantitative estimate of drug-likeness (QED) is 0.670. The van der Waals surface area contributed by atoms with Crippen molar-refractivity contribution in [2.24, 2.45) is 5.92 Å². The first-order valence-corrected chi connectivity index (χ1v) is 6.52. The van der Waals surface area contributed by atoms with Gasteiger partial charge in [-0.15, -0.1) is 0 Å². The standard InChI is InChI=1S/C13H25N3O/c1-4-14-11-13-15-6-7-16(13)8-10-17-9-5-12(2)3/h6-7,12,14H,4-5,8-11H2,1-3H3. The highest BCUT2D eigenvalue weighted by Crippen LogP contribution is 2.00. The lowest BCUT2D eigenvalue weighted by atomic mass is 10.1. The van der Waals surface area contributed by atoms with Crippen LogP contribution in [-0.2, 0) is 17.8 Å². The largest absolute Gasteiger partial charge is 0.380 e. The molecule has 0 unspecified atom stereocenters. The Kier molecular flexibility index (Phi) is 6.89. The molecule has 1 rings (SSSR count). The third-order valence-electron chi connectivity index (χ3n) is 2.65. The van der Waals surface area contributed by atoms with Crippen molar-refractivity contribution in [2.45, 2.75) is 40.3 Å². The molecule has 1 aromatic rings. The van der Waals surface area contributed by atoms with Crippen LogP contribution in [0.15, 0.2) is 12.4 Å². The van der Waals surface area contributed by atoms with Crippen LogP contribution in [0.1, 0.15) is 33.0 Å². The van der Waals surface area contributed by atoms with Crippen molar-refractivity contribution in [3.63, 3.8) is 0 Å². The molecule has 0 amide bonds. The first kappa shape index (κ1) is 14.2. The van der Waals surface area contributed by atoms with E-state index in [4.69, 9.17) is 4.74 Å². The average molecular weight is 239 g/mol. The maximum Gasteiger partial charge on any atom is 0.122 e. The highest BCUT2D eigenvalue weighted by molar-refractivity contribution is 4.91. The van der Waals surface area contributed by atoms with Crippen LogP contribution in [0.5, 0.6) is 0 Å². The minimum absolute atomic E-state index is 0.715. The van der Waals surface area contributed by atoms with E-state index in [0.717, 1.165) is 45.1 Å². The van der Waals surface area contributed by atoms with Crippen molar-refractivity contribution in [1.82, 2.24) is 14.9 Å². The summed E-state index contributed by atoms with van der Waals surface area (Å²) in [6.45, 7) is 10.8. The number of nitrogens with zero attached hydrogens (tertiary/aromatic N) is 2. The normalized spacial score (nSPS) is 11.3. The Bertz CT molecular complexity index is 297. The topological polar surface area (TPSA) is 39.1 Å². The highest BCUT2D eigenvalue weighted by atomic mass is 16.5. The van der Waals surface area contributed by atoms with Crippen LogP contribution in [0.3, 0.4) is 0 Å². The Morgan fingerprint density at radius 1 is 1.41 bits per heavy atom. The second-order valence-electron chi connectivity index (χ2n) is 4.61. The van der Waals surface area contributed by atoms with Gasteiger partial charge < -0.3 is 14.6 Å². The molecule has 0 atom stereocenters. The monoisotopic (exact) mass is 239 g/mol. The van der Waals surface area contributed by atoms with Crippen LogP contribution in [-0.4, -0.2) is 29.3 Å². The van der Waals surface area contributed by atoms with Crippen LogP contribution in [0, 0.1) is 5.92 Å². The fraction of sp³-hybridized carbons (Fsp3) is 0.769. The minimum atomic E-state index is 0.715. The van der Waals surface area contributed by atoms with Crippen LogP contribution in [0.25, 0.3) is 0 Å². The lowest BCUT2D eigenvalue weighted by Gasteiger charge is -2.09. The Labute approximate surface area is 104 Å². The van der Waals surface area contributed by atoms with Gasteiger partial charge in [-0.1, -0.05) is 20.8 Å². The zero-order valence-electron chi connectivity index (χ0n) is 11.3. The molecule has 0 aliphatic carbocycles. The highest BCUT2D eigenvalue weighted by Gasteiger charge is 2.01. The number of hydrogen-bond acceptors (Lipinski definition) is 3. The van der Waals surface area contributed by atoms with Gasteiger partial charge in [0.05, 0.1) is 13.2 Å². The van der Waals surface area contributed by atoms with Gasteiger partial charge in [-0.25, -0.2) is 4.98 Å². The summed E-state index contributed by atoms with van der Waals surface area (Å²) >= 11 is 0. The van der Waals surface area contributed by atoms with Gasteiger partial charge in [0, 0.05) is 25.5 Å². The van der Waals surface area contributed by atoms with Gasteiger partial charge in [0.1, 0.15) is 5.82 Å². The van der Waals surface area contributed by atoms with Gasteiger partial charge in [-0.05, 0) is 18.9 Å². The zero-order chi connectivity index (χ0) is 12.5. The average Bonchev–Trinajstić information content (AvgIpc) is 2.73. The van der Waals surface area contributed by atoms with Crippen LogP contribution in [0.4, 0.5) is 0 Å². The number of ether oxygens (including phenoxy) is 1. The van der Waals surface area contributed by atoms with Crippen molar-refractivity contribution in [3.05, 3.63) is 18.2 Å². The predicted octanol–water partition coefficient (Wildman–Crippen LogP) is 2.06. The molecule has 4 heteroatoms. The summed E-state index contributed by atoms with van der Waals surface area (Å²) in [5.74, 6) is 1.80. The molecule has 17 heavy (non-hydrogen) atoms. The summed E-state index contributed by atoms with van der Waals surface area (Å²) in [5, 5.41) is 3.28. The molecule has 0 spiro atoms. The molecule has 0 aromatic carbocycles. The lowest BCUT2D eigenvalue weighted by Crippen LogP contribution is -2.17. The Morgan fingerprint density at radius 3 is 2.94 bits per heavy atom. The summed E-state index contributed by atoms with van der Waals surface area (Å²) in [6, 6.07) is 0. The maximum absolute atomic E-state index is 5.61. The van der Waals surface area contributed by atoms with Crippen LogP contribution in [0.2, 0.25) is 0 Å². The van der Waals surface area contributed by atoms with E-state index in [1.165, 1.54) is 0 Å². The molecule has 0 saturated carbocycles. The molecule has 0 aliphatic heterocycles. The smallest absolute Gasteiger partial charge is 0.122 e. The third kappa shape index (κ3) is 5.84. The summed E-state index contributed by atoms with van der Waals surface area (Å²) in [7, 11) is 0. The number of hydrogen-bond donors (Lipinski definition) is 1. The Balaban J connectivity index is 2.19. The van der Waals surface area contributed by atoms with Gasteiger partial charge in [0.15, 0.2) is 0 Å². The molecule has 0 radical (unpaired) electrons. The summed E-state index contributed by atoms with van der Waals surface area (Å²) in [6.07, 6.45) is 4.99. The van der Waals surface area contributed by atoms with Crippen molar-refractivity contribution in [2.75, 3.05) is 19.8 Å². The number of rotatable bonds is 9. The number of nitrogens with one attached hydrogen (secondary N) is 1. The second-order valence-corrected chi connectivity index (χ2v) is 4.61. The fourth-order valence-corrected chi connectivity index (χ4v) is 1.53. The molecule has 98 valence electrons. The predicted molar refractivity (Wildman–Crippen MR) is 69.9 cm³/mol. The van der Waals surface area contributed by atoms with Gasteiger partial charge >= 0.3 is 0 Å². The summed E-state index contributed by atoms with van der Waals surface area (Å²) < 4.78 is 7.76. The van der Waals surface area contributed by atoms with E-state index in [1.807, 2.05) is 12.4 Å². The summed E-state index contributed by atoms with van der Waals surface area (Å²) in [4.78, 5) is 4.33. The Morgan fingerprint density at radius 2 is 2.24 bits per heavy atom.